The minimum absolute atomic E-state index is 0.264. The highest BCUT2D eigenvalue weighted by Crippen LogP contribution is 2.43. The Bertz CT molecular complexity index is 374. The largest absolute Gasteiger partial charge is 0.376 e. The number of halogens is 1. The molecule has 4 heteroatoms. The maximum Gasteiger partial charge on any atom is 0.168 e. The van der Waals surface area contributed by atoms with E-state index in [4.69, 9.17) is 29.6 Å². The van der Waals surface area contributed by atoms with E-state index in [1.54, 1.807) is 0 Å². The average molecular weight is 227 g/mol. The number of hydrogen-bond acceptors (Lipinski definition) is 1. The van der Waals surface area contributed by atoms with Gasteiger partial charge >= 0.3 is 0 Å². The normalized spacial score (nSPS) is 15.2. The van der Waals surface area contributed by atoms with E-state index < -0.39 is 0 Å². The Morgan fingerprint density at radius 3 is 2.71 bits per heavy atom. The predicted octanol–water partition coefficient (Wildman–Crippen LogP) is 2.87. The fourth-order valence-electron chi connectivity index (χ4n) is 1.47. The molecule has 2 rings (SSSR count). The first kappa shape index (κ1) is 9.74. The number of anilines is 1. The van der Waals surface area contributed by atoms with Gasteiger partial charge in [-0.1, -0.05) is 17.7 Å². The standard InChI is InChI=1S/C10H11ClN2S/c11-9-5-7(13-10(12)14)3-4-8(9)6-1-2-6/h3-6H,1-2H2,(H3,12,13,14). The number of thiocarbonyl (C=S) groups is 1. The third-order valence-corrected chi connectivity index (χ3v) is 2.71. The Morgan fingerprint density at radius 1 is 1.50 bits per heavy atom. The van der Waals surface area contributed by atoms with Crippen molar-refractivity contribution >= 4 is 34.6 Å². The first-order valence-corrected chi connectivity index (χ1v) is 5.31. The summed E-state index contributed by atoms with van der Waals surface area (Å²) in [5.41, 5.74) is 7.45. The van der Waals surface area contributed by atoms with Crippen molar-refractivity contribution in [1.29, 1.82) is 0 Å². The second-order valence-electron chi connectivity index (χ2n) is 3.50. The van der Waals surface area contributed by atoms with Crippen LogP contribution in [0.5, 0.6) is 0 Å². The van der Waals surface area contributed by atoms with Gasteiger partial charge in [0.15, 0.2) is 5.11 Å². The van der Waals surface area contributed by atoms with E-state index in [0.717, 1.165) is 10.7 Å². The third-order valence-electron chi connectivity index (χ3n) is 2.29. The van der Waals surface area contributed by atoms with Crippen LogP contribution >= 0.6 is 23.8 Å². The van der Waals surface area contributed by atoms with E-state index in [-0.39, 0.29) is 5.11 Å². The quantitative estimate of drug-likeness (QED) is 0.762. The molecular formula is C10H11ClN2S. The molecule has 0 amide bonds. The van der Waals surface area contributed by atoms with Gasteiger partial charge in [0.05, 0.1) is 0 Å². The van der Waals surface area contributed by atoms with Crippen LogP contribution in [0, 0.1) is 0 Å². The molecule has 1 saturated carbocycles. The van der Waals surface area contributed by atoms with Crippen molar-refractivity contribution in [3.63, 3.8) is 0 Å². The molecule has 1 fully saturated rings. The van der Waals surface area contributed by atoms with Crippen LogP contribution in [0.3, 0.4) is 0 Å². The fraction of sp³-hybridized carbons (Fsp3) is 0.300. The minimum Gasteiger partial charge on any atom is -0.376 e. The summed E-state index contributed by atoms with van der Waals surface area (Å²) in [5.74, 6) is 0.668. The van der Waals surface area contributed by atoms with Gasteiger partial charge in [-0.05, 0) is 48.7 Å². The summed E-state index contributed by atoms with van der Waals surface area (Å²) in [7, 11) is 0. The smallest absolute Gasteiger partial charge is 0.168 e. The van der Waals surface area contributed by atoms with Crippen molar-refractivity contribution in [2.45, 2.75) is 18.8 Å². The molecule has 1 aromatic carbocycles. The molecule has 0 aliphatic heterocycles. The Kier molecular flexibility index (Phi) is 2.61. The second kappa shape index (κ2) is 3.75. The molecule has 3 N–H and O–H groups in total. The van der Waals surface area contributed by atoms with Gasteiger partial charge in [-0.15, -0.1) is 0 Å². The van der Waals surface area contributed by atoms with E-state index in [9.17, 15) is 0 Å². The highest BCUT2D eigenvalue weighted by Gasteiger charge is 2.25. The topological polar surface area (TPSA) is 38.0 Å². The number of benzene rings is 1. The van der Waals surface area contributed by atoms with Gasteiger partial charge < -0.3 is 11.1 Å². The van der Waals surface area contributed by atoms with Gasteiger partial charge in [-0.2, -0.15) is 0 Å². The molecule has 0 radical (unpaired) electrons. The minimum atomic E-state index is 0.264. The summed E-state index contributed by atoms with van der Waals surface area (Å²) in [6.07, 6.45) is 2.50. The zero-order chi connectivity index (χ0) is 10.1. The number of nitrogens with two attached hydrogens (primary N) is 1. The number of nitrogens with one attached hydrogen (secondary N) is 1. The maximum absolute atomic E-state index is 6.12. The van der Waals surface area contributed by atoms with Gasteiger partial charge in [0.2, 0.25) is 0 Å². The van der Waals surface area contributed by atoms with E-state index in [1.165, 1.54) is 18.4 Å². The van der Waals surface area contributed by atoms with Crippen molar-refractivity contribution < 1.29 is 0 Å². The van der Waals surface area contributed by atoms with Crippen molar-refractivity contribution in [1.82, 2.24) is 0 Å². The van der Waals surface area contributed by atoms with Crippen LogP contribution in [0.25, 0.3) is 0 Å². The molecule has 0 atom stereocenters. The van der Waals surface area contributed by atoms with Gasteiger partial charge in [0.25, 0.3) is 0 Å². The van der Waals surface area contributed by atoms with Gasteiger partial charge in [0.1, 0.15) is 0 Å². The van der Waals surface area contributed by atoms with Crippen LogP contribution in [-0.4, -0.2) is 5.11 Å². The first-order chi connectivity index (χ1) is 6.66. The van der Waals surface area contributed by atoms with Crippen LogP contribution in [-0.2, 0) is 0 Å². The van der Waals surface area contributed by atoms with Crippen molar-refractivity contribution in [2.75, 3.05) is 5.32 Å². The third kappa shape index (κ3) is 2.16. The summed E-state index contributed by atoms with van der Waals surface area (Å²) in [5, 5.41) is 3.92. The van der Waals surface area contributed by atoms with Gasteiger partial charge in [-0.25, -0.2) is 0 Å². The molecule has 0 saturated heterocycles. The van der Waals surface area contributed by atoms with E-state index in [2.05, 4.69) is 5.32 Å². The van der Waals surface area contributed by atoms with E-state index in [1.807, 2.05) is 18.2 Å². The molecule has 14 heavy (non-hydrogen) atoms. The zero-order valence-corrected chi connectivity index (χ0v) is 9.16. The first-order valence-electron chi connectivity index (χ1n) is 4.52. The molecule has 0 heterocycles. The molecule has 1 aliphatic rings. The lowest BCUT2D eigenvalue weighted by molar-refractivity contribution is 1.13. The Labute approximate surface area is 93.4 Å². The van der Waals surface area contributed by atoms with E-state index >= 15 is 0 Å². The average Bonchev–Trinajstić information content (AvgIpc) is 2.86. The predicted molar refractivity (Wildman–Crippen MR) is 63.8 cm³/mol. The van der Waals surface area contributed by atoms with Crippen LogP contribution in [0.2, 0.25) is 5.02 Å². The molecule has 1 aliphatic carbocycles. The van der Waals surface area contributed by atoms with Crippen LogP contribution in [0.1, 0.15) is 24.3 Å². The van der Waals surface area contributed by atoms with Gasteiger partial charge in [0, 0.05) is 10.7 Å². The second-order valence-corrected chi connectivity index (χ2v) is 4.35. The highest BCUT2D eigenvalue weighted by molar-refractivity contribution is 7.80. The molecule has 0 spiro atoms. The molecular weight excluding hydrogens is 216 g/mol. The SMILES string of the molecule is NC(=S)Nc1ccc(C2CC2)c(Cl)c1. The molecule has 1 aromatic rings. The zero-order valence-electron chi connectivity index (χ0n) is 7.59. The Balaban J connectivity index is 2.21. The van der Waals surface area contributed by atoms with Crippen molar-refractivity contribution in [3.8, 4) is 0 Å². The molecule has 0 bridgehead atoms. The Morgan fingerprint density at radius 2 is 2.21 bits per heavy atom. The summed E-state index contributed by atoms with van der Waals surface area (Å²) in [6, 6.07) is 5.87. The van der Waals surface area contributed by atoms with Crippen molar-refractivity contribution in [3.05, 3.63) is 28.8 Å². The summed E-state index contributed by atoms with van der Waals surface area (Å²) >= 11 is 10.9. The molecule has 0 unspecified atom stereocenters. The summed E-state index contributed by atoms with van der Waals surface area (Å²) in [6.45, 7) is 0. The lowest BCUT2D eigenvalue weighted by Crippen LogP contribution is -2.18. The number of hydrogen-bond donors (Lipinski definition) is 2. The monoisotopic (exact) mass is 226 g/mol. The van der Waals surface area contributed by atoms with Gasteiger partial charge in [-0.3, -0.25) is 0 Å². The van der Waals surface area contributed by atoms with Crippen LogP contribution in [0.15, 0.2) is 18.2 Å². The lowest BCUT2D eigenvalue weighted by atomic mass is 10.1. The van der Waals surface area contributed by atoms with Crippen LogP contribution in [0.4, 0.5) is 5.69 Å². The number of rotatable bonds is 2. The van der Waals surface area contributed by atoms with Crippen LogP contribution < -0.4 is 11.1 Å². The lowest BCUT2D eigenvalue weighted by Gasteiger charge is -2.07. The molecule has 74 valence electrons. The molecule has 2 nitrogen and oxygen atoms in total. The highest BCUT2D eigenvalue weighted by atomic mass is 35.5. The fourth-order valence-corrected chi connectivity index (χ4v) is 1.93. The summed E-state index contributed by atoms with van der Waals surface area (Å²) < 4.78 is 0. The summed E-state index contributed by atoms with van der Waals surface area (Å²) in [4.78, 5) is 0. The maximum atomic E-state index is 6.12. The molecule has 0 aromatic heterocycles. The van der Waals surface area contributed by atoms with E-state index in [0.29, 0.717) is 5.92 Å². The van der Waals surface area contributed by atoms with Crippen molar-refractivity contribution in [2.24, 2.45) is 5.73 Å². The Hall–Kier alpha value is -0.800.